The zero-order valence-corrected chi connectivity index (χ0v) is 12.9. The Morgan fingerprint density at radius 3 is 2.90 bits per heavy atom. The van der Waals surface area contributed by atoms with Crippen LogP contribution in [0.5, 0.6) is 0 Å². The maximum atomic E-state index is 12.3. The van der Waals surface area contributed by atoms with E-state index in [0.717, 1.165) is 4.88 Å². The molecule has 20 heavy (non-hydrogen) atoms. The quantitative estimate of drug-likeness (QED) is 0.857. The van der Waals surface area contributed by atoms with Crippen molar-refractivity contribution in [3.05, 3.63) is 43.8 Å². The highest BCUT2D eigenvalue weighted by molar-refractivity contribution is 7.12. The first-order valence-electron chi connectivity index (χ1n) is 6.16. The van der Waals surface area contributed by atoms with E-state index in [0.29, 0.717) is 10.4 Å². The number of rotatable bonds is 3. The lowest BCUT2D eigenvalue weighted by molar-refractivity contribution is 0.0944. The van der Waals surface area contributed by atoms with Crippen molar-refractivity contribution in [2.45, 2.75) is 19.9 Å². The molecule has 0 saturated carbocycles. The standard InChI is InChI=1S/C15H15NO2S2/c1-10-5-6-13(20-10)11(2)16-15(18)14-12(4-3-8-17)7-9-19-14/h5-7,9,11,17H,8H2,1-2H3,(H,16,18). The molecule has 0 fully saturated rings. The Hall–Kier alpha value is -1.61. The van der Waals surface area contributed by atoms with Crippen LogP contribution in [0.1, 0.15) is 38.0 Å². The van der Waals surface area contributed by atoms with Gasteiger partial charge in [-0.25, -0.2) is 0 Å². The summed E-state index contributed by atoms with van der Waals surface area (Å²) >= 11 is 3.04. The minimum Gasteiger partial charge on any atom is -0.384 e. The maximum absolute atomic E-state index is 12.3. The van der Waals surface area contributed by atoms with Crippen LogP contribution in [-0.2, 0) is 0 Å². The smallest absolute Gasteiger partial charge is 0.263 e. The molecule has 0 aliphatic rings. The van der Waals surface area contributed by atoms with Crippen LogP contribution in [0.4, 0.5) is 0 Å². The number of aliphatic hydroxyl groups is 1. The molecule has 2 aromatic heterocycles. The molecule has 2 heterocycles. The van der Waals surface area contributed by atoms with Gasteiger partial charge >= 0.3 is 0 Å². The molecule has 2 N–H and O–H groups in total. The topological polar surface area (TPSA) is 49.3 Å². The van der Waals surface area contributed by atoms with Gasteiger partial charge in [-0.15, -0.1) is 22.7 Å². The minimum atomic E-state index is -0.207. The monoisotopic (exact) mass is 305 g/mol. The first kappa shape index (κ1) is 14.8. The summed E-state index contributed by atoms with van der Waals surface area (Å²) in [4.78, 5) is 15.2. The average Bonchev–Trinajstić information content (AvgIpc) is 3.04. The molecule has 0 spiro atoms. The number of hydrogen-bond donors (Lipinski definition) is 2. The summed E-state index contributed by atoms with van der Waals surface area (Å²) in [5.41, 5.74) is 0.663. The van der Waals surface area contributed by atoms with E-state index in [9.17, 15) is 4.79 Å². The second kappa shape index (κ2) is 6.71. The van der Waals surface area contributed by atoms with Crippen molar-refractivity contribution >= 4 is 28.6 Å². The largest absolute Gasteiger partial charge is 0.384 e. The fourth-order valence-electron chi connectivity index (χ4n) is 1.74. The van der Waals surface area contributed by atoms with Gasteiger partial charge < -0.3 is 10.4 Å². The zero-order chi connectivity index (χ0) is 14.5. The third-order valence-electron chi connectivity index (χ3n) is 2.71. The van der Waals surface area contributed by atoms with E-state index < -0.39 is 0 Å². The molecule has 2 aromatic rings. The van der Waals surface area contributed by atoms with E-state index in [2.05, 4.69) is 17.2 Å². The van der Waals surface area contributed by atoms with Crippen LogP contribution in [-0.4, -0.2) is 17.6 Å². The van der Waals surface area contributed by atoms with E-state index >= 15 is 0 Å². The lowest BCUT2D eigenvalue weighted by Crippen LogP contribution is -2.25. The predicted molar refractivity (Wildman–Crippen MR) is 83.2 cm³/mol. The van der Waals surface area contributed by atoms with Crippen LogP contribution < -0.4 is 5.32 Å². The van der Waals surface area contributed by atoms with Gasteiger partial charge in [0.15, 0.2) is 0 Å². The lowest BCUT2D eigenvalue weighted by atomic mass is 10.2. The highest BCUT2D eigenvalue weighted by atomic mass is 32.1. The van der Waals surface area contributed by atoms with E-state index in [1.165, 1.54) is 16.2 Å². The summed E-state index contributed by atoms with van der Waals surface area (Å²) < 4.78 is 0. The number of amides is 1. The van der Waals surface area contributed by atoms with Crippen molar-refractivity contribution in [3.63, 3.8) is 0 Å². The fraction of sp³-hybridized carbons (Fsp3) is 0.267. The van der Waals surface area contributed by atoms with Gasteiger partial charge in [-0.3, -0.25) is 4.79 Å². The van der Waals surface area contributed by atoms with Crippen molar-refractivity contribution in [2.75, 3.05) is 6.61 Å². The van der Waals surface area contributed by atoms with Gasteiger partial charge in [0.25, 0.3) is 5.91 Å². The molecule has 1 atom stereocenters. The van der Waals surface area contributed by atoms with Gasteiger partial charge in [-0.1, -0.05) is 11.8 Å². The van der Waals surface area contributed by atoms with Crippen LogP contribution >= 0.6 is 22.7 Å². The third-order valence-corrected chi connectivity index (χ3v) is 4.81. The number of thiophene rings is 2. The van der Waals surface area contributed by atoms with Crippen molar-refractivity contribution in [3.8, 4) is 11.8 Å². The summed E-state index contributed by atoms with van der Waals surface area (Å²) in [6.07, 6.45) is 0. The third kappa shape index (κ3) is 3.48. The van der Waals surface area contributed by atoms with Gasteiger partial charge in [0.1, 0.15) is 11.5 Å². The number of carbonyl (C=O) groups is 1. The highest BCUT2D eigenvalue weighted by Gasteiger charge is 2.16. The average molecular weight is 305 g/mol. The molecule has 0 radical (unpaired) electrons. The number of aliphatic hydroxyl groups excluding tert-OH is 1. The molecule has 0 aliphatic heterocycles. The maximum Gasteiger partial charge on any atom is 0.263 e. The molecule has 3 nitrogen and oxygen atoms in total. The molecular formula is C15H15NO2S2. The lowest BCUT2D eigenvalue weighted by Gasteiger charge is -2.11. The van der Waals surface area contributed by atoms with Crippen LogP contribution in [0, 0.1) is 18.8 Å². The van der Waals surface area contributed by atoms with E-state index in [-0.39, 0.29) is 18.6 Å². The van der Waals surface area contributed by atoms with Gasteiger partial charge in [0.2, 0.25) is 0 Å². The molecule has 104 valence electrons. The second-order valence-corrected chi connectivity index (χ2v) is 6.50. The van der Waals surface area contributed by atoms with Crippen molar-refractivity contribution in [2.24, 2.45) is 0 Å². The predicted octanol–water partition coefficient (Wildman–Crippen LogP) is 2.95. The van der Waals surface area contributed by atoms with Crippen LogP contribution in [0.2, 0.25) is 0 Å². The second-order valence-electron chi connectivity index (χ2n) is 4.27. The Bertz CT molecular complexity index is 661. The summed E-state index contributed by atoms with van der Waals surface area (Å²) in [5, 5.41) is 13.5. The zero-order valence-electron chi connectivity index (χ0n) is 11.3. The first-order valence-corrected chi connectivity index (χ1v) is 7.86. The molecule has 0 aromatic carbocycles. The molecule has 0 aliphatic carbocycles. The Morgan fingerprint density at radius 2 is 2.25 bits per heavy atom. The van der Waals surface area contributed by atoms with Gasteiger partial charge in [-0.05, 0) is 37.4 Å². The van der Waals surface area contributed by atoms with Crippen molar-refractivity contribution in [1.29, 1.82) is 0 Å². The van der Waals surface area contributed by atoms with Crippen LogP contribution in [0.25, 0.3) is 0 Å². The summed E-state index contributed by atoms with van der Waals surface area (Å²) in [5.74, 6) is 5.24. The molecule has 0 bridgehead atoms. The summed E-state index contributed by atoms with van der Waals surface area (Å²) in [6.45, 7) is 3.81. The summed E-state index contributed by atoms with van der Waals surface area (Å²) in [6, 6.07) is 5.85. The minimum absolute atomic E-state index is 0.0260. The van der Waals surface area contributed by atoms with E-state index in [1.54, 1.807) is 17.4 Å². The molecule has 1 unspecified atom stereocenters. The van der Waals surface area contributed by atoms with Crippen molar-refractivity contribution < 1.29 is 9.90 Å². The normalized spacial score (nSPS) is 11.6. The van der Waals surface area contributed by atoms with E-state index in [4.69, 9.17) is 5.11 Å². The van der Waals surface area contributed by atoms with Crippen molar-refractivity contribution in [1.82, 2.24) is 5.32 Å². The Balaban J connectivity index is 2.10. The molecule has 5 heteroatoms. The Labute approximate surface area is 126 Å². The number of nitrogens with one attached hydrogen (secondary N) is 1. The van der Waals surface area contributed by atoms with Gasteiger partial charge in [0.05, 0.1) is 6.04 Å². The van der Waals surface area contributed by atoms with E-state index in [1.807, 2.05) is 31.4 Å². The Morgan fingerprint density at radius 1 is 1.45 bits per heavy atom. The van der Waals surface area contributed by atoms with Gasteiger partial charge in [-0.2, -0.15) is 0 Å². The van der Waals surface area contributed by atoms with Crippen LogP contribution in [0.3, 0.4) is 0 Å². The number of hydrogen-bond acceptors (Lipinski definition) is 4. The number of carbonyl (C=O) groups excluding carboxylic acids is 1. The summed E-state index contributed by atoms with van der Waals surface area (Å²) in [7, 11) is 0. The first-order chi connectivity index (χ1) is 9.61. The molecule has 1 amide bonds. The number of aryl methyl sites for hydroxylation is 1. The Kier molecular flexibility index (Phi) is 4.96. The molecule has 2 rings (SSSR count). The molecular weight excluding hydrogens is 290 g/mol. The molecule has 0 saturated heterocycles. The van der Waals surface area contributed by atoms with Gasteiger partial charge in [0, 0.05) is 15.3 Å². The SMILES string of the molecule is Cc1ccc(C(C)NC(=O)c2sccc2C#CCO)s1. The highest BCUT2D eigenvalue weighted by Crippen LogP contribution is 2.23. The van der Waals surface area contributed by atoms with Crippen LogP contribution in [0.15, 0.2) is 23.6 Å². The fourth-order valence-corrected chi connectivity index (χ4v) is 3.37.